The molecule has 0 aliphatic carbocycles. The molecule has 0 N–H and O–H groups in total. The molecule has 3 heterocycles. The minimum absolute atomic E-state index is 0.0620. The van der Waals surface area contributed by atoms with Crippen LogP contribution in [0.3, 0.4) is 0 Å². The summed E-state index contributed by atoms with van der Waals surface area (Å²) in [5.74, 6) is 0.212. The van der Waals surface area contributed by atoms with Gasteiger partial charge in [0.15, 0.2) is 0 Å². The molecule has 2 fully saturated rings. The monoisotopic (exact) mass is 371 g/mol. The number of rotatable bonds is 3. The molecule has 0 radical (unpaired) electrons. The number of anilines is 1. The van der Waals surface area contributed by atoms with Crippen LogP contribution in [0.1, 0.15) is 24.0 Å². The van der Waals surface area contributed by atoms with Gasteiger partial charge in [-0.15, -0.1) is 0 Å². The van der Waals surface area contributed by atoms with Gasteiger partial charge < -0.3 is 19.4 Å². The average molecular weight is 371 g/mol. The fourth-order valence-electron chi connectivity index (χ4n) is 4.07. The lowest BCUT2D eigenvalue weighted by Crippen LogP contribution is -2.53. The van der Waals surface area contributed by atoms with Crippen LogP contribution in [0.15, 0.2) is 18.2 Å². The molecule has 3 amide bonds. The number of hydrogen-bond acceptors (Lipinski definition) is 4. The highest BCUT2D eigenvalue weighted by Crippen LogP contribution is 2.28. The van der Waals surface area contributed by atoms with E-state index in [0.717, 1.165) is 29.7 Å². The third kappa shape index (κ3) is 3.56. The smallest absolute Gasteiger partial charge is 0.251 e. The van der Waals surface area contributed by atoms with E-state index in [9.17, 15) is 14.4 Å². The maximum Gasteiger partial charge on any atom is 0.251 e. The molecule has 0 spiro atoms. The lowest BCUT2D eigenvalue weighted by molar-refractivity contribution is -0.145. The van der Waals surface area contributed by atoms with Gasteiger partial charge in [0.25, 0.3) is 5.91 Å². The lowest BCUT2D eigenvalue weighted by Gasteiger charge is -2.35. The van der Waals surface area contributed by atoms with Crippen LogP contribution in [0.5, 0.6) is 0 Å². The van der Waals surface area contributed by atoms with Crippen LogP contribution in [0, 0.1) is 0 Å². The zero-order chi connectivity index (χ0) is 19.0. The van der Waals surface area contributed by atoms with Crippen LogP contribution >= 0.6 is 0 Å². The summed E-state index contributed by atoms with van der Waals surface area (Å²) in [6, 6.07) is 5.80. The van der Waals surface area contributed by atoms with Gasteiger partial charge in [0.05, 0.1) is 12.8 Å². The second-order valence-electron chi connectivity index (χ2n) is 7.48. The molecule has 1 aromatic rings. The largest absolute Gasteiger partial charge is 0.368 e. The van der Waals surface area contributed by atoms with E-state index in [1.807, 2.05) is 28.0 Å². The number of likely N-dealkylation sites (N-methyl/N-ethyl adjacent to an activating group) is 1. The van der Waals surface area contributed by atoms with Crippen molar-refractivity contribution in [1.82, 2.24) is 9.80 Å². The van der Waals surface area contributed by atoms with Gasteiger partial charge in [-0.1, -0.05) is 12.1 Å². The summed E-state index contributed by atoms with van der Waals surface area (Å²) in [7, 11) is 1.77. The predicted molar refractivity (Wildman–Crippen MR) is 99.4 cm³/mol. The first-order valence-electron chi connectivity index (χ1n) is 9.59. The summed E-state index contributed by atoms with van der Waals surface area (Å²) >= 11 is 0. The van der Waals surface area contributed by atoms with E-state index < -0.39 is 0 Å². The maximum atomic E-state index is 12.6. The van der Waals surface area contributed by atoms with Crippen molar-refractivity contribution in [3.8, 4) is 0 Å². The Labute approximate surface area is 158 Å². The molecule has 0 aromatic heterocycles. The van der Waals surface area contributed by atoms with Crippen molar-refractivity contribution < 1.29 is 19.1 Å². The predicted octanol–water partition coefficient (Wildman–Crippen LogP) is 0.598. The van der Waals surface area contributed by atoms with Crippen molar-refractivity contribution in [2.24, 2.45) is 0 Å². The van der Waals surface area contributed by atoms with Crippen LogP contribution in [0.2, 0.25) is 0 Å². The van der Waals surface area contributed by atoms with Gasteiger partial charge in [0.1, 0.15) is 6.10 Å². The zero-order valence-corrected chi connectivity index (χ0v) is 15.6. The average Bonchev–Trinajstić information content (AvgIpc) is 3.30. The third-order valence-electron chi connectivity index (χ3n) is 5.73. The quantitative estimate of drug-likeness (QED) is 0.780. The van der Waals surface area contributed by atoms with Gasteiger partial charge in [0, 0.05) is 45.5 Å². The van der Waals surface area contributed by atoms with E-state index in [0.29, 0.717) is 45.6 Å². The van der Waals surface area contributed by atoms with E-state index in [2.05, 4.69) is 0 Å². The maximum absolute atomic E-state index is 12.6. The van der Waals surface area contributed by atoms with Crippen LogP contribution in [-0.4, -0.2) is 73.5 Å². The van der Waals surface area contributed by atoms with Crippen molar-refractivity contribution in [2.75, 3.05) is 44.7 Å². The Bertz CT molecular complexity index is 764. The first-order chi connectivity index (χ1) is 13.0. The van der Waals surface area contributed by atoms with Crippen LogP contribution in [0.25, 0.3) is 0 Å². The molecule has 3 aliphatic heterocycles. The number of piperazine rings is 1. The molecule has 1 atom stereocenters. The zero-order valence-electron chi connectivity index (χ0n) is 15.6. The molecular formula is C20H25N3O4. The summed E-state index contributed by atoms with van der Waals surface area (Å²) in [5, 5.41) is 0. The number of nitrogens with zero attached hydrogens (tertiary/aromatic N) is 3. The summed E-state index contributed by atoms with van der Waals surface area (Å²) in [6.07, 6.45) is 2.17. The number of hydrogen-bond donors (Lipinski definition) is 0. The standard InChI is InChI=1S/C20H25N3O4/c1-21-16-5-4-14(11-15(16)13-18(21)24)12-19(25)22-6-8-23(9-7-22)20(26)17-3-2-10-27-17/h4-5,11,17H,2-3,6-10,12-13H2,1H3. The molecule has 4 rings (SSSR count). The Kier molecular flexibility index (Phi) is 4.86. The fourth-order valence-corrected chi connectivity index (χ4v) is 4.07. The molecule has 7 heteroatoms. The molecule has 144 valence electrons. The number of ether oxygens (including phenoxy) is 1. The highest BCUT2D eigenvalue weighted by molar-refractivity contribution is 6.01. The second-order valence-corrected chi connectivity index (χ2v) is 7.48. The molecule has 1 unspecified atom stereocenters. The summed E-state index contributed by atoms with van der Waals surface area (Å²) in [6.45, 7) is 2.91. The molecule has 2 saturated heterocycles. The Balaban J connectivity index is 1.32. The Morgan fingerprint density at radius 3 is 2.59 bits per heavy atom. The summed E-state index contributed by atoms with van der Waals surface area (Å²) < 4.78 is 5.47. The molecule has 27 heavy (non-hydrogen) atoms. The molecule has 3 aliphatic rings. The number of carbonyl (C=O) groups excluding carboxylic acids is 3. The van der Waals surface area contributed by atoms with E-state index in [1.165, 1.54) is 0 Å². The van der Waals surface area contributed by atoms with Crippen LogP contribution in [-0.2, 0) is 32.0 Å². The number of fused-ring (bicyclic) bond motifs is 1. The molecule has 1 aromatic carbocycles. The second kappa shape index (κ2) is 7.31. The minimum atomic E-state index is -0.292. The van der Waals surface area contributed by atoms with Crippen molar-refractivity contribution in [3.63, 3.8) is 0 Å². The Morgan fingerprint density at radius 1 is 1.15 bits per heavy atom. The summed E-state index contributed by atoms with van der Waals surface area (Å²) in [5.41, 5.74) is 2.84. The van der Waals surface area contributed by atoms with Gasteiger partial charge in [-0.2, -0.15) is 0 Å². The minimum Gasteiger partial charge on any atom is -0.368 e. The van der Waals surface area contributed by atoms with Crippen molar-refractivity contribution in [2.45, 2.75) is 31.8 Å². The first-order valence-corrected chi connectivity index (χ1v) is 9.59. The summed E-state index contributed by atoms with van der Waals surface area (Å²) in [4.78, 5) is 42.1. The van der Waals surface area contributed by atoms with Crippen molar-refractivity contribution in [1.29, 1.82) is 0 Å². The van der Waals surface area contributed by atoms with E-state index in [4.69, 9.17) is 4.74 Å². The van der Waals surface area contributed by atoms with Crippen LogP contribution in [0.4, 0.5) is 5.69 Å². The molecule has 0 saturated carbocycles. The molecular weight excluding hydrogens is 346 g/mol. The highest BCUT2D eigenvalue weighted by Gasteiger charge is 2.31. The fraction of sp³-hybridized carbons (Fsp3) is 0.550. The highest BCUT2D eigenvalue weighted by atomic mass is 16.5. The SMILES string of the molecule is CN1C(=O)Cc2cc(CC(=O)N3CCN(C(=O)C4CCCO4)CC3)ccc21. The van der Waals surface area contributed by atoms with Crippen molar-refractivity contribution >= 4 is 23.4 Å². The topological polar surface area (TPSA) is 70.2 Å². The molecule has 0 bridgehead atoms. The Hall–Kier alpha value is -2.41. The van der Waals surface area contributed by atoms with Gasteiger partial charge in [0.2, 0.25) is 11.8 Å². The van der Waals surface area contributed by atoms with Gasteiger partial charge >= 0.3 is 0 Å². The van der Waals surface area contributed by atoms with Gasteiger partial charge in [-0.05, 0) is 30.0 Å². The third-order valence-corrected chi connectivity index (χ3v) is 5.73. The van der Waals surface area contributed by atoms with Crippen LogP contribution < -0.4 is 4.90 Å². The van der Waals surface area contributed by atoms with Gasteiger partial charge in [-0.25, -0.2) is 0 Å². The van der Waals surface area contributed by atoms with Gasteiger partial charge in [-0.3, -0.25) is 14.4 Å². The first kappa shape index (κ1) is 18.0. The number of amides is 3. The van der Waals surface area contributed by atoms with Crippen molar-refractivity contribution in [3.05, 3.63) is 29.3 Å². The Morgan fingerprint density at radius 2 is 1.89 bits per heavy atom. The number of carbonyl (C=O) groups is 3. The lowest BCUT2D eigenvalue weighted by atomic mass is 10.0. The van der Waals surface area contributed by atoms with E-state index in [-0.39, 0.29) is 23.8 Å². The van der Waals surface area contributed by atoms with E-state index in [1.54, 1.807) is 11.9 Å². The molecule has 7 nitrogen and oxygen atoms in total. The normalized spacial score (nSPS) is 22.3. The van der Waals surface area contributed by atoms with E-state index >= 15 is 0 Å². The number of benzene rings is 1.